The van der Waals surface area contributed by atoms with Crippen LogP contribution in [-0.4, -0.2) is 25.9 Å². The zero-order chi connectivity index (χ0) is 16.4. The molecule has 7 heteroatoms. The van der Waals surface area contributed by atoms with E-state index >= 15 is 0 Å². The van der Waals surface area contributed by atoms with Crippen molar-refractivity contribution in [3.05, 3.63) is 72.0 Å². The van der Waals surface area contributed by atoms with Crippen molar-refractivity contribution in [2.75, 3.05) is 5.32 Å². The maximum Gasteiger partial charge on any atom is 0.259 e. The number of carbonyl (C=O) groups is 1. The van der Waals surface area contributed by atoms with Gasteiger partial charge in [0, 0.05) is 12.4 Å². The second kappa shape index (κ2) is 6.13. The summed E-state index contributed by atoms with van der Waals surface area (Å²) in [5.41, 5.74) is 2.69. The van der Waals surface area contributed by atoms with Crippen molar-refractivity contribution in [3.8, 4) is 16.3 Å². The standard InChI is InChI=1S/C17H13N5OS/c23-17(20-12-9-18-19-10-12)14-11-22(13-5-2-1-3-6-13)21-16(14)15-7-4-8-24-15/h1-11H,(H,18,19)(H,20,23). The smallest absolute Gasteiger partial charge is 0.259 e. The molecule has 24 heavy (non-hydrogen) atoms. The summed E-state index contributed by atoms with van der Waals surface area (Å²) in [5, 5.41) is 15.9. The van der Waals surface area contributed by atoms with Gasteiger partial charge in [0.15, 0.2) is 0 Å². The molecule has 0 bridgehead atoms. The number of amides is 1. The van der Waals surface area contributed by atoms with Crippen molar-refractivity contribution in [1.29, 1.82) is 0 Å². The molecule has 0 spiro atoms. The van der Waals surface area contributed by atoms with E-state index in [0.29, 0.717) is 16.9 Å². The third kappa shape index (κ3) is 2.72. The number of hydrogen-bond acceptors (Lipinski definition) is 4. The highest BCUT2D eigenvalue weighted by atomic mass is 32.1. The summed E-state index contributed by atoms with van der Waals surface area (Å²) in [6.07, 6.45) is 4.94. The quantitative estimate of drug-likeness (QED) is 0.598. The van der Waals surface area contributed by atoms with Crippen molar-refractivity contribution in [2.45, 2.75) is 0 Å². The molecule has 0 atom stereocenters. The lowest BCUT2D eigenvalue weighted by atomic mass is 10.2. The second-order valence-electron chi connectivity index (χ2n) is 5.09. The Labute approximate surface area is 141 Å². The largest absolute Gasteiger partial charge is 0.319 e. The molecular weight excluding hydrogens is 322 g/mol. The molecule has 4 rings (SSSR count). The maximum atomic E-state index is 12.7. The molecule has 1 aromatic carbocycles. The summed E-state index contributed by atoms with van der Waals surface area (Å²) in [6.45, 7) is 0. The number of rotatable bonds is 4. The Balaban J connectivity index is 1.76. The molecule has 3 aromatic heterocycles. The van der Waals surface area contributed by atoms with Crippen LogP contribution in [0, 0.1) is 0 Å². The topological polar surface area (TPSA) is 75.6 Å². The van der Waals surface area contributed by atoms with Crippen LogP contribution in [0.3, 0.4) is 0 Å². The van der Waals surface area contributed by atoms with Gasteiger partial charge in [0.05, 0.1) is 28.0 Å². The van der Waals surface area contributed by atoms with Crippen LogP contribution in [0.15, 0.2) is 66.4 Å². The first-order valence-electron chi connectivity index (χ1n) is 7.30. The van der Waals surface area contributed by atoms with E-state index in [-0.39, 0.29) is 5.91 Å². The van der Waals surface area contributed by atoms with Gasteiger partial charge in [-0.2, -0.15) is 10.2 Å². The number of benzene rings is 1. The number of thiophene rings is 1. The van der Waals surface area contributed by atoms with Gasteiger partial charge in [-0.3, -0.25) is 9.89 Å². The minimum Gasteiger partial charge on any atom is -0.319 e. The molecule has 0 fully saturated rings. The van der Waals surface area contributed by atoms with Gasteiger partial charge in [0.2, 0.25) is 0 Å². The molecule has 0 aliphatic heterocycles. The molecule has 0 radical (unpaired) electrons. The Morgan fingerprint density at radius 3 is 2.75 bits per heavy atom. The number of nitrogens with one attached hydrogen (secondary N) is 2. The predicted octanol–water partition coefficient (Wildman–Crippen LogP) is 3.58. The van der Waals surface area contributed by atoms with Crippen LogP contribution < -0.4 is 5.32 Å². The van der Waals surface area contributed by atoms with Crippen LogP contribution in [0.1, 0.15) is 10.4 Å². The zero-order valence-corrected chi connectivity index (χ0v) is 13.3. The molecule has 3 heterocycles. The number of anilines is 1. The highest BCUT2D eigenvalue weighted by Gasteiger charge is 2.19. The summed E-state index contributed by atoms with van der Waals surface area (Å²) in [7, 11) is 0. The number of hydrogen-bond donors (Lipinski definition) is 2. The number of aromatic amines is 1. The summed E-state index contributed by atoms with van der Waals surface area (Å²) >= 11 is 1.55. The van der Waals surface area contributed by atoms with E-state index in [4.69, 9.17) is 0 Å². The van der Waals surface area contributed by atoms with Gasteiger partial charge in [-0.25, -0.2) is 4.68 Å². The van der Waals surface area contributed by atoms with Crippen molar-refractivity contribution in [3.63, 3.8) is 0 Å². The fourth-order valence-corrected chi connectivity index (χ4v) is 3.09. The molecule has 4 aromatic rings. The van der Waals surface area contributed by atoms with E-state index in [0.717, 1.165) is 10.6 Å². The molecule has 0 aliphatic carbocycles. The summed E-state index contributed by atoms with van der Waals surface area (Å²) < 4.78 is 1.72. The van der Waals surface area contributed by atoms with Gasteiger partial charge in [-0.05, 0) is 23.6 Å². The Morgan fingerprint density at radius 1 is 1.17 bits per heavy atom. The van der Waals surface area contributed by atoms with Gasteiger partial charge in [0.25, 0.3) is 5.91 Å². The molecular formula is C17H13N5OS. The van der Waals surface area contributed by atoms with E-state index in [9.17, 15) is 4.79 Å². The van der Waals surface area contributed by atoms with Crippen LogP contribution >= 0.6 is 11.3 Å². The zero-order valence-electron chi connectivity index (χ0n) is 12.5. The second-order valence-corrected chi connectivity index (χ2v) is 6.04. The van der Waals surface area contributed by atoms with Crippen LogP contribution in [0.25, 0.3) is 16.3 Å². The van der Waals surface area contributed by atoms with Gasteiger partial charge >= 0.3 is 0 Å². The number of carbonyl (C=O) groups excluding carboxylic acids is 1. The lowest BCUT2D eigenvalue weighted by molar-refractivity contribution is 0.102. The third-order valence-electron chi connectivity index (χ3n) is 3.49. The molecule has 0 aliphatic rings. The first-order chi connectivity index (χ1) is 11.8. The Kier molecular flexibility index (Phi) is 3.68. The fourth-order valence-electron chi connectivity index (χ4n) is 2.37. The van der Waals surface area contributed by atoms with E-state index < -0.39 is 0 Å². The van der Waals surface area contributed by atoms with E-state index in [2.05, 4.69) is 20.6 Å². The van der Waals surface area contributed by atoms with Crippen molar-refractivity contribution in [2.24, 2.45) is 0 Å². The lowest BCUT2D eigenvalue weighted by Crippen LogP contribution is -2.11. The van der Waals surface area contributed by atoms with Gasteiger partial charge < -0.3 is 5.32 Å². The number of para-hydroxylation sites is 1. The SMILES string of the molecule is O=C(Nc1cn[nH]c1)c1cn(-c2ccccc2)nc1-c1cccs1. The van der Waals surface area contributed by atoms with Crippen LogP contribution in [-0.2, 0) is 0 Å². The van der Waals surface area contributed by atoms with Gasteiger partial charge in [-0.15, -0.1) is 11.3 Å². The minimum absolute atomic E-state index is 0.220. The van der Waals surface area contributed by atoms with E-state index in [1.165, 1.54) is 0 Å². The van der Waals surface area contributed by atoms with E-state index in [1.807, 2.05) is 47.8 Å². The van der Waals surface area contributed by atoms with E-state index in [1.54, 1.807) is 34.6 Å². The molecule has 118 valence electrons. The van der Waals surface area contributed by atoms with Gasteiger partial charge in [0.1, 0.15) is 5.69 Å². The number of aromatic nitrogens is 4. The fraction of sp³-hybridized carbons (Fsp3) is 0. The molecule has 0 saturated heterocycles. The highest BCUT2D eigenvalue weighted by molar-refractivity contribution is 7.13. The third-order valence-corrected chi connectivity index (χ3v) is 4.37. The van der Waals surface area contributed by atoms with Crippen LogP contribution in [0.4, 0.5) is 5.69 Å². The Morgan fingerprint density at radius 2 is 2.04 bits per heavy atom. The van der Waals surface area contributed by atoms with Crippen molar-refractivity contribution >= 4 is 22.9 Å². The average molecular weight is 335 g/mol. The average Bonchev–Trinajstić information content (AvgIpc) is 3.36. The molecule has 6 nitrogen and oxygen atoms in total. The summed E-state index contributed by atoms with van der Waals surface area (Å²) in [4.78, 5) is 13.6. The van der Waals surface area contributed by atoms with Crippen molar-refractivity contribution in [1.82, 2.24) is 20.0 Å². The Bertz CT molecular complexity index is 942. The Hall–Kier alpha value is -3.19. The normalized spacial score (nSPS) is 10.7. The summed E-state index contributed by atoms with van der Waals surface area (Å²) in [6, 6.07) is 13.6. The maximum absolute atomic E-state index is 12.7. The van der Waals surface area contributed by atoms with Crippen molar-refractivity contribution < 1.29 is 4.79 Å². The van der Waals surface area contributed by atoms with Gasteiger partial charge in [-0.1, -0.05) is 24.3 Å². The lowest BCUT2D eigenvalue weighted by Gasteiger charge is -2.01. The molecule has 0 saturated carbocycles. The molecule has 0 unspecified atom stereocenters. The number of nitrogens with zero attached hydrogens (tertiary/aromatic N) is 3. The van der Waals surface area contributed by atoms with Crippen LogP contribution in [0.5, 0.6) is 0 Å². The minimum atomic E-state index is -0.220. The predicted molar refractivity (Wildman–Crippen MR) is 93.4 cm³/mol. The highest BCUT2D eigenvalue weighted by Crippen LogP contribution is 2.28. The monoisotopic (exact) mass is 335 g/mol. The first-order valence-corrected chi connectivity index (χ1v) is 8.18. The van der Waals surface area contributed by atoms with Crippen LogP contribution in [0.2, 0.25) is 0 Å². The number of H-pyrrole nitrogens is 1. The first kappa shape index (κ1) is 14.4. The molecule has 1 amide bonds. The molecule has 2 N–H and O–H groups in total. The summed E-state index contributed by atoms with van der Waals surface area (Å²) in [5.74, 6) is -0.220.